The van der Waals surface area contributed by atoms with Gasteiger partial charge in [-0.05, 0) is 68.7 Å². The average Bonchev–Trinajstić information content (AvgIpc) is 3.43. The van der Waals surface area contributed by atoms with Gasteiger partial charge in [-0.1, -0.05) is 78.0 Å². The van der Waals surface area contributed by atoms with E-state index < -0.39 is 28.5 Å². The molecular formula is C30H33Cl2N3O4S. The SMILES string of the molecule is Cc1ccc(S(=O)(=O)N(CC(=O)N(Cc2cccc(Cl)c2)[C@H](C)C(=O)NC2CCCC2)c2ccccc2Cl)cc1. The zero-order chi connectivity index (χ0) is 28.9. The van der Waals surface area contributed by atoms with Crippen molar-refractivity contribution in [3.8, 4) is 0 Å². The number of nitrogens with one attached hydrogen (secondary N) is 1. The standard InChI is InChI=1S/C30H33Cl2N3O4S/c1-21-14-16-26(17-15-21)40(38,39)35(28-13-6-5-12-27(28)32)20-29(36)34(19-23-8-7-9-24(31)18-23)22(2)30(37)33-25-10-3-4-11-25/h5-9,12-18,22,25H,3-4,10-11,19-20H2,1-2H3,(H,33,37)/t22-/m1/s1. The number of hydrogen-bond donors (Lipinski definition) is 1. The topological polar surface area (TPSA) is 86.8 Å². The summed E-state index contributed by atoms with van der Waals surface area (Å²) >= 11 is 12.6. The fraction of sp³-hybridized carbons (Fsp3) is 0.333. The van der Waals surface area contributed by atoms with Gasteiger partial charge in [-0.3, -0.25) is 13.9 Å². The van der Waals surface area contributed by atoms with Gasteiger partial charge in [-0.15, -0.1) is 0 Å². The maximum absolute atomic E-state index is 14.0. The third-order valence-electron chi connectivity index (χ3n) is 7.12. The second kappa shape index (κ2) is 13.1. The second-order valence-electron chi connectivity index (χ2n) is 10.1. The van der Waals surface area contributed by atoms with Crippen LogP contribution in [0.25, 0.3) is 0 Å². The Kier molecular flexibility index (Phi) is 9.77. The van der Waals surface area contributed by atoms with Gasteiger partial charge in [0, 0.05) is 17.6 Å². The number of nitrogens with zero attached hydrogens (tertiary/aromatic N) is 2. The number of aryl methyl sites for hydroxylation is 1. The molecule has 40 heavy (non-hydrogen) atoms. The number of hydrogen-bond acceptors (Lipinski definition) is 4. The van der Waals surface area contributed by atoms with E-state index in [1.165, 1.54) is 17.0 Å². The number of rotatable bonds is 10. The molecule has 0 aliphatic heterocycles. The number of amides is 2. The van der Waals surface area contributed by atoms with Crippen LogP contribution in [0.1, 0.15) is 43.7 Å². The molecule has 1 aliphatic carbocycles. The highest BCUT2D eigenvalue weighted by atomic mass is 35.5. The van der Waals surface area contributed by atoms with Crippen LogP contribution < -0.4 is 9.62 Å². The second-order valence-corrected chi connectivity index (χ2v) is 12.8. The van der Waals surface area contributed by atoms with E-state index in [2.05, 4.69) is 5.32 Å². The molecule has 1 fully saturated rings. The van der Waals surface area contributed by atoms with Crippen LogP contribution in [-0.2, 0) is 26.2 Å². The number of para-hydroxylation sites is 1. The zero-order valence-corrected chi connectivity index (χ0v) is 24.8. The molecule has 0 radical (unpaired) electrons. The zero-order valence-electron chi connectivity index (χ0n) is 22.5. The fourth-order valence-electron chi connectivity index (χ4n) is 4.81. The van der Waals surface area contributed by atoms with Gasteiger partial charge in [0.25, 0.3) is 10.0 Å². The predicted molar refractivity (Wildman–Crippen MR) is 159 cm³/mol. The van der Waals surface area contributed by atoms with Crippen LogP contribution in [-0.4, -0.2) is 43.8 Å². The van der Waals surface area contributed by atoms with Crippen molar-refractivity contribution in [2.75, 3.05) is 10.8 Å². The minimum atomic E-state index is -4.19. The molecule has 3 aromatic carbocycles. The number of benzene rings is 3. The summed E-state index contributed by atoms with van der Waals surface area (Å²) in [6, 6.07) is 19.1. The third kappa shape index (κ3) is 7.16. The molecule has 1 aliphatic rings. The molecule has 10 heteroatoms. The smallest absolute Gasteiger partial charge is 0.264 e. The Hall–Kier alpha value is -3.07. The highest BCUT2D eigenvalue weighted by Crippen LogP contribution is 2.31. The lowest BCUT2D eigenvalue weighted by molar-refractivity contribution is -0.139. The lowest BCUT2D eigenvalue weighted by Gasteiger charge is -2.32. The molecule has 212 valence electrons. The van der Waals surface area contributed by atoms with Crippen LogP contribution in [0.2, 0.25) is 10.0 Å². The third-order valence-corrected chi connectivity index (χ3v) is 9.45. The molecule has 0 saturated heterocycles. The van der Waals surface area contributed by atoms with Crippen LogP contribution in [0.3, 0.4) is 0 Å². The summed E-state index contributed by atoms with van der Waals surface area (Å²) in [6.07, 6.45) is 3.90. The minimum absolute atomic E-state index is 0.0271. The van der Waals surface area contributed by atoms with Crippen molar-refractivity contribution in [3.05, 3.63) is 94.0 Å². The van der Waals surface area contributed by atoms with Crippen LogP contribution >= 0.6 is 23.2 Å². The Morgan fingerprint density at radius 1 is 0.975 bits per heavy atom. The number of carbonyl (C=O) groups excluding carboxylic acids is 2. The Balaban J connectivity index is 1.69. The normalized spacial score (nSPS) is 14.5. The van der Waals surface area contributed by atoms with Gasteiger partial charge in [0.1, 0.15) is 12.6 Å². The molecule has 0 unspecified atom stereocenters. The summed E-state index contributed by atoms with van der Waals surface area (Å²) in [6.45, 7) is 3.03. The first-order valence-electron chi connectivity index (χ1n) is 13.2. The molecule has 2 amide bonds. The van der Waals surface area contributed by atoms with E-state index in [9.17, 15) is 18.0 Å². The van der Waals surface area contributed by atoms with Crippen LogP contribution in [0.4, 0.5) is 5.69 Å². The molecule has 1 atom stereocenters. The van der Waals surface area contributed by atoms with Crippen molar-refractivity contribution in [2.45, 2.75) is 63.1 Å². The lowest BCUT2D eigenvalue weighted by Crippen LogP contribution is -2.52. The highest BCUT2D eigenvalue weighted by molar-refractivity contribution is 7.92. The molecule has 0 spiro atoms. The first kappa shape index (κ1) is 29.9. The largest absolute Gasteiger partial charge is 0.352 e. The van der Waals surface area contributed by atoms with E-state index in [-0.39, 0.29) is 34.1 Å². The Morgan fingerprint density at radius 3 is 2.30 bits per heavy atom. The Morgan fingerprint density at radius 2 is 1.65 bits per heavy atom. The summed E-state index contributed by atoms with van der Waals surface area (Å²) in [4.78, 5) is 28.7. The highest BCUT2D eigenvalue weighted by Gasteiger charge is 2.34. The first-order valence-corrected chi connectivity index (χ1v) is 15.4. The van der Waals surface area contributed by atoms with E-state index in [4.69, 9.17) is 23.2 Å². The predicted octanol–water partition coefficient (Wildman–Crippen LogP) is 5.97. The van der Waals surface area contributed by atoms with Crippen molar-refractivity contribution in [1.82, 2.24) is 10.2 Å². The van der Waals surface area contributed by atoms with E-state index in [0.717, 1.165) is 35.6 Å². The van der Waals surface area contributed by atoms with Crippen molar-refractivity contribution in [2.24, 2.45) is 0 Å². The summed E-state index contributed by atoms with van der Waals surface area (Å²) in [5, 5.41) is 3.73. The lowest BCUT2D eigenvalue weighted by atomic mass is 10.1. The van der Waals surface area contributed by atoms with Gasteiger partial charge in [-0.25, -0.2) is 8.42 Å². The van der Waals surface area contributed by atoms with Crippen LogP contribution in [0.5, 0.6) is 0 Å². The first-order chi connectivity index (χ1) is 19.1. The van der Waals surface area contributed by atoms with E-state index in [1.54, 1.807) is 61.5 Å². The molecule has 0 bridgehead atoms. The summed E-state index contributed by atoms with van der Waals surface area (Å²) in [7, 11) is -4.19. The Labute approximate surface area is 246 Å². The molecule has 0 heterocycles. The molecule has 7 nitrogen and oxygen atoms in total. The van der Waals surface area contributed by atoms with E-state index in [0.29, 0.717) is 10.6 Å². The summed E-state index contributed by atoms with van der Waals surface area (Å²) < 4.78 is 28.8. The van der Waals surface area contributed by atoms with Crippen molar-refractivity contribution < 1.29 is 18.0 Å². The van der Waals surface area contributed by atoms with Gasteiger partial charge >= 0.3 is 0 Å². The molecular weight excluding hydrogens is 569 g/mol. The van der Waals surface area contributed by atoms with Crippen molar-refractivity contribution >= 4 is 50.7 Å². The monoisotopic (exact) mass is 601 g/mol. The van der Waals surface area contributed by atoms with Crippen molar-refractivity contribution in [3.63, 3.8) is 0 Å². The number of anilines is 1. The van der Waals surface area contributed by atoms with E-state index in [1.807, 2.05) is 13.0 Å². The number of sulfonamides is 1. The van der Waals surface area contributed by atoms with E-state index >= 15 is 0 Å². The van der Waals surface area contributed by atoms with Crippen LogP contribution in [0.15, 0.2) is 77.7 Å². The van der Waals surface area contributed by atoms with Gasteiger partial charge in [0.2, 0.25) is 11.8 Å². The number of halogens is 2. The minimum Gasteiger partial charge on any atom is -0.352 e. The Bertz CT molecular complexity index is 1460. The fourth-order valence-corrected chi connectivity index (χ4v) is 6.75. The molecule has 4 rings (SSSR count). The summed E-state index contributed by atoms with van der Waals surface area (Å²) in [5.41, 5.74) is 1.78. The molecule has 1 N–H and O–H groups in total. The molecule has 0 aromatic heterocycles. The summed E-state index contributed by atoms with van der Waals surface area (Å²) in [5.74, 6) is -0.836. The number of carbonyl (C=O) groups is 2. The molecule has 3 aromatic rings. The van der Waals surface area contributed by atoms with Crippen molar-refractivity contribution in [1.29, 1.82) is 0 Å². The molecule has 1 saturated carbocycles. The quantitative estimate of drug-likeness (QED) is 0.310. The van der Waals surface area contributed by atoms with Gasteiger partial charge in [-0.2, -0.15) is 0 Å². The van der Waals surface area contributed by atoms with Gasteiger partial charge in [0.15, 0.2) is 0 Å². The van der Waals surface area contributed by atoms with Gasteiger partial charge in [0.05, 0.1) is 15.6 Å². The average molecular weight is 603 g/mol. The van der Waals surface area contributed by atoms with Crippen LogP contribution in [0, 0.1) is 6.92 Å². The van der Waals surface area contributed by atoms with Gasteiger partial charge < -0.3 is 10.2 Å². The maximum Gasteiger partial charge on any atom is 0.264 e. The maximum atomic E-state index is 14.0.